The predicted molar refractivity (Wildman–Crippen MR) is 110 cm³/mol. The van der Waals surface area contributed by atoms with Crippen molar-refractivity contribution in [2.24, 2.45) is 5.92 Å². The average Bonchev–Trinajstić information content (AvgIpc) is 3.01. The average molecular weight is 393 g/mol. The molecule has 29 heavy (non-hydrogen) atoms. The molecule has 2 aromatic rings. The van der Waals surface area contributed by atoms with E-state index >= 15 is 0 Å². The van der Waals surface area contributed by atoms with Crippen molar-refractivity contribution < 1.29 is 19.1 Å². The Labute approximate surface area is 171 Å². The Kier molecular flexibility index (Phi) is 5.56. The first-order chi connectivity index (χ1) is 14.2. The second-order valence-electron chi connectivity index (χ2n) is 7.64. The van der Waals surface area contributed by atoms with Crippen LogP contribution in [0, 0.1) is 5.92 Å². The molecule has 1 aliphatic heterocycles. The fraction of sp³-hybridized carbons (Fsp3) is 0.417. The van der Waals surface area contributed by atoms with Crippen LogP contribution in [-0.2, 0) is 22.4 Å². The molecule has 1 heterocycles. The lowest BCUT2D eigenvalue weighted by atomic mass is 9.75. The number of ether oxygens (including phenoxy) is 2. The topological polar surface area (TPSA) is 55.8 Å². The number of carbonyl (C=O) groups excluding carboxylic acids is 2. The fourth-order valence-corrected chi connectivity index (χ4v) is 4.66. The van der Waals surface area contributed by atoms with Gasteiger partial charge in [-0.1, -0.05) is 30.3 Å². The van der Waals surface area contributed by atoms with E-state index < -0.39 is 5.92 Å². The van der Waals surface area contributed by atoms with Gasteiger partial charge in [0.1, 0.15) is 11.5 Å². The molecule has 1 aliphatic carbocycles. The molecule has 1 saturated heterocycles. The van der Waals surface area contributed by atoms with Gasteiger partial charge >= 0.3 is 0 Å². The molecule has 0 aromatic heterocycles. The molecule has 2 unspecified atom stereocenters. The Hall–Kier alpha value is -2.82. The molecule has 0 radical (unpaired) electrons. The zero-order valence-electron chi connectivity index (χ0n) is 17.0. The Morgan fingerprint density at radius 1 is 1.03 bits per heavy atom. The fourth-order valence-electron chi connectivity index (χ4n) is 4.66. The Morgan fingerprint density at radius 2 is 1.79 bits per heavy atom. The van der Waals surface area contributed by atoms with E-state index in [-0.39, 0.29) is 17.7 Å². The van der Waals surface area contributed by atoms with E-state index in [9.17, 15) is 9.59 Å². The van der Waals surface area contributed by atoms with E-state index in [1.807, 2.05) is 37.3 Å². The highest BCUT2D eigenvalue weighted by Gasteiger charge is 2.51. The largest absolute Gasteiger partial charge is 0.496 e. The van der Waals surface area contributed by atoms with Crippen LogP contribution in [-0.4, -0.2) is 37.0 Å². The Balaban J connectivity index is 1.58. The van der Waals surface area contributed by atoms with Crippen molar-refractivity contribution in [2.75, 3.05) is 20.3 Å². The summed E-state index contributed by atoms with van der Waals surface area (Å²) in [6.45, 7) is 2.82. The monoisotopic (exact) mass is 393 g/mol. The summed E-state index contributed by atoms with van der Waals surface area (Å²) in [5, 5.41) is 0. The van der Waals surface area contributed by atoms with E-state index in [0.29, 0.717) is 25.3 Å². The maximum atomic E-state index is 13.0. The minimum absolute atomic E-state index is 0.0500. The van der Waals surface area contributed by atoms with Gasteiger partial charge in [0, 0.05) is 17.7 Å². The highest BCUT2D eigenvalue weighted by Crippen LogP contribution is 2.49. The summed E-state index contributed by atoms with van der Waals surface area (Å²) < 4.78 is 11.7. The van der Waals surface area contributed by atoms with Gasteiger partial charge in [0.2, 0.25) is 11.8 Å². The zero-order valence-corrected chi connectivity index (χ0v) is 17.0. The van der Waals surface area contributed by atoms with Gasteiger partial charge in [0.25, 0.3) is 0 Å². The molecule has 5 nitrogen and oxygen atoms in total. The molecule has 2 aromatic carbocycles. The minimum atomic E-state index is -0.453. The first kappa shape index (κ1) is 19.5. The van der Waals surface area contributed by atoms with Crippen LogP contribution in [0.25, 0.3) is 0 Å². The molecule has 5 heteroatoms. The van der Waals surface area contributed by atoms with Crippen molar-refractivity contribution in [3.63, 3.8) is 0 Å². The number of benzene rings is 2. The molecule has 2 atom stereocenters. The maximum absolute atomic E-state index is 13.0. The lowest BCUT2D eigenvalue weighted by Gasteiger charge is -2.28. The maximum Gasteiger partial charge on any atom is 0.237 e. The first-order valence-corrected chi connectivity index (χ1v) is 10.4. The summed E-state index contributed by atoms with van der Waals surface area (Å²) >= 11 is 0. The quantitative estimate of drug-likeness (QED) is 0.531. The molecule has 152 valence electrons. The number of aryl methyl sites for hydroxylation is 1. The van der Waals surface area contributed by atoms with Crippen molar-refractivity contribution >= 4 is 11.8 Å². The highest BCUT2D eigenvalue weighted by atomic mass is 16.5. The second kappa shape index (κ2) is 8.27. The van der Waals surface area contributed by atoms with Crippen molar-refractivity contribution in [3.8, 4) is 11.5 Å². The van der Waals surface area contributed by atoms with Crippen LogP contribution in [0.3, 0.4) is 0 Å². The normalized spacial score (nSPS) is 20.4. The standard InChI is InChI=1S/C24H27NO4/c1-3-25-23(26)18-12-11-17-19(28-2)13-14-20(21(17)22(18)24(25)27)29-15-7-10-16-8-5-4-6-9-16/h4-6,8-9,13-14,18,22H,3,7,10-12,15H2,1-2H3. The van der Waals surface area contributed by atoms with Crippen molar-refractivity contribution in [1.29, 1.82) is 0 Å². The lowest BCUT2D eigenvalue weighted by Crippen LogP contribution is -2.30. The summed E-state index contributed by atoms with van der Waals surface area (Å²) in [5.74, 6) is 0.587. The summed E-state index contributed by atoms with van der Waals surface area (Å²) in [6, 6.07) is 14.1. The third-order valence-electron chi connectivity index (χ3n) is 6.05. The van der Waals surface area contributed by atoms with Crippen molar-refractivity contribution in [3.05, 3.63) is 59.2 Å². The SMILES string of the molecule is CCN1C(=O)C2CCc3c(OC)ccc(OCCCc4ccccc4)c3C2C1=O. The number of carbonyl (C=O) groups is 2. The third kappa shape index (κ3) is 3.50. The lowest BCUT2D eigenvalue weighted by molar-refractivity contribution is -0.139. The van der Waals surface area contributed by atoms with Crippen LogP contribution < -0.4 is 9.47 Å². The van der Waals surface area contributed by atoms with Gasteiger partial charge in [-0.3, -0.25) is 14.5 Å². The number of methoxy groups -OCH3 is 1. The van der Waals surface area contributed by atoms with Gasteiger partial charge in [-0.2, -0.15) is 0 Å². The summed E-state index contributed by atoms with van der Waals surface area (Å²) in [7, 11) is 1.64. The minimum Gasteiger partial charge on any atom is -0.496 e. The smallest absolute Gasteiger partial charge is 0.237 e. The second-order valence-corrected chi connectivity index (χ2v) is 7.64. The zero-order chi connectivity index (χ0) is 20.4. The molecule has 0 bridgehead atoms. The predicted octanol–water partition coefficient (Wildman–Crippen LogP) is 3.74. The van der Waals surface area contributed by atoms with E-state index in [4.69, 9.17) is 9.47 Å². The molecule has 0 N–H and O–H groups in total. The molecule has 2 aliphatic rings. The highest BCUT2D eigenvalue weighted by molar-refractivity contribution is 6.08. The molecular formula is C24H27NO4. The molecule has 0 spiro atoms. The van der Waals surface area contributed by atoms with E-state index in [2.05, 4.69) is 12.1 Å². The number of fused-ring (bicyclic) bond motifs is 3. The van der Waals surface area contributed by atoms with Crippen LogP contribution >= 0.6 is 0 Å². The van der Waals surface area contributed by atoms with Crippen LogP contribution in [0.2, 0.25) is 0 Å². The van der Waals surface area contributed by atoms with E-state index in [1.165, 1.54) is 10.5 Å². The van der Waals surface area contributed by atoms with Gasteiger partial charge in [0.15, 0.2) is 0 Å². The number of rotatable bonds is 7. The van der Waals surface area contributed by atoms with Crippen molar-refractivity contribution in [2.45, 2.75) is 38.5 Å². The number of imide groups is 1. The van der Waals surface area contributed by atoms with Gasteiger partial charge < -0.3 is 9.47 Å². The number of hydrogen-bond acceptors (Lipinski definition) is 4. The number of likely N-dealkylation sites (tertiary alicyclic amines) is 1. The van der Waals surface area contributed by atoms with Crippen molar-refractivity contribution in [1.82, 2.24) is 4.90 Å². The van der Waals surface area contributed by atoms with Gasteiger partial charge in [-0.15, -0.1) is 0 Å². The van der Waals surface area contributed by atoms with E-state index in [0.717, 1.165) is 36.1 Å². The van der Waals surface area contributed by atoms with Crippen LogP contribution in [0.15, 0.2) is 42.5 Å². The molecule has 4 rings (SSSR count). The Bertz CT molecular complexity index is 909. The number of likely N-dealkylation sites (N-methyl/N-ethyl adjacent to an activating group) is 1. The van der Waals surface area contributed by atoms with Crippen LogP contribution in [0.5, 0.6) is 11.5 Å². The number of hydrogen-bond donors (Lipinski definition) is 0. The molecule has 0 saturated carbocycles. The molecule has 1 fully saturated rings. The number of nitrogens with zero attached hydrogens (tertiary/aromatic N) is 1. The summed E-state index contributed by atoms with van der Waals surface area (Å²) in [5.41, 5.74) is 3.14. The molecular weight excluding hydrogens is 366 g/mol. The van der Waals surface area contributed by atoms with E-state index in [1.54, 1.807) is 7.11 Å². The Morgan fingerprint density at radius 3 is 2.52 bits per heavy atom. The van der Waals surface area contributed by atoms with Crippen LogP contribution in [0.1, 0.15) is 42.4 Å². The summed E-state index contributed by atoms with van der Waals surface area (Å²) in [4.78, 5) is 27.1. The summed E-state index contributed by atoms with van der Waals surface area (Å²) in [6.07, 6.45) is 3.21. The van der Waals surface area contributed by atoms with Crippen LogP contribution in [0.4, 0.5) is 0 Å². The van der Waals surface area contributed by atoms with Gasteiger partial charge in [-0.25, -0.2) is 0 Å². The van der Waals surface area contributed by atoms with Gasteiger partial charge in [-0.05, 0) is 50.3 Å². The van der Waals surface area contributed by atoms with Gasteiger partial charge in [0.05, 0.1) is 25.6 Å². The molecule has 2 amide bonds. The number of amides is 2. The first-order valence-electron chi connectivity index (χ1n) is 10.4. The third-order valence-corrected chi connectivity index (χ3v) is 6.05.